The summed E-state index contributed by atoms with van der Waals surface area (Å²) in [5.41, 5.74) is -2.13. The summed E-state index contributed by atoms with van der Waals surface area (Å²) in [7, 11) is -1.64. The average Bonchev–Trinajstić information content (AvgIpc) is 2.76. The monoisotopic (exact) mass is 320 g/mol. The highest BCUT2D eigenvalue weighted by Gasteiger charge is 2.61. The van der Waals surface area contributed by atoms with Crippen LogP contribution in [0.1, 0.15) is 25.7 Å². The van der Waals surface area contributed by atoms with Gasteiger partial charge >= 0.3 is 0 Å². The van der Waals surface area contributed by atoms with Gasteiger partial charge in [0.05, 0.1) is 32.4 Å². The first-order valence-electron chi connectivity index (χ1n) is 7.88. The molecule has 0 fully saturated rings. The average molecular weight is 320 g/mol. The minimum atomic E-state index is -1.64. The van der Waals surface area contributed by atoms with Gasteiger partial charge in [-0.3, -0.25) is 0 Å². The molecule has 5 heteroatoms. The van der Waals surface area contributed by atoms with E-state index >= 15 is 0 Å². The smallest absolute Gasteiger partial charge is 0.182 e. The number of hydrogen-bond acceptors (Lipinski definition) is 4. The van der Waals surface area contributed by atoms with Gasteiger partial charge in [0.2, 0.25) is 0 Å². The van der Waals surface area contributed by atoms with E-state index in [-0.39, 0.29) is 12.3 Å². The van der Waals surface area contributed by atoms with Crippen LogP contribution in [0.5, 0.6) is 0 Å². The highest BCUT2D eigenvalue weighted by molar-refractivity contribution is 6.84. The normalized spacial score (nSPS) is 25.1. The SMILES string of the molecule is C[Si](C)(C)C1=CCCCC2C1=CCC(C#N)(C#N)C2(C#N)C#N. The first-order valence-corrected chi connectivity index (χ1v) is 11.4. The fourth-order valence-electron chi connectivity index (χ4n) is 3.86. The fourth-order valence-corrected chi connectivity index (χ4v) is 5.76. The second-order valence-electron chi connectivity index (χ2n) is 7.38. The lowest BCUT2D eigenvalue weighted by molar-refractivity contribution is 0.194. The van der Waals surface area contributed by atoms with Gasteiger partial charge in [-0.25, -0.2) is 0 Å². The minimum Gasteiger partial charge on any atom is -0.196 e. The number of rotatable bonds is 1. The van der Waals surface area contributed by atoms with E-state index < -0.39 is 18.9 Å². The summed E-state index contributed by atoms with van der Waals surface area (Å²) in [4.78, 5) is 0. The van der Waals surface area contributed by atoms with E-state index in [9.17, 15) is 21.0 Å². The number of allylic oxidation sites excluding steroid dienone is 4. The van der Waals surface area contributed by atoms with E-state index in [1.54, 1.807) is 0 Å². The van der Waals surface area contributed by atoms with E-state index in [2.05, 4.69) is 37.9 Å². The second kappa shape index (κ2) is 5.70. The van der Waals surface area contributed by atoms with Crippen LogP contribution in [-0.4, -0.2) is 8.07 Å². The largest absolute Gasteiger partial charge is 0.196 e. The molecule has 0 N–H and O–H groups in total. The van der Waals surface area contributed by atoms with Crippen LogP contribution in [0.4, 0.5) is 0 Å². The highest BCUT2D eigenvalue weighted by Crippen LogP contribution is 2.57. The van der Waals surface area contributed by atoms with Gasteiger partial charge in [0.1, 0.15) is 0 Å². The molecule has 0 aliphatic heterocycles. The Hall–Kier alpha value is -2.34. The van der Waals surface area contributed by atoms with Crippen molar-refractivity contribution < 1.29 is 0 Å². The Bertz CT molecular complexity index is 712. The van der Waals surface area contributed by atoms with Gasteiger partial charge in [-0.2, -0.15) is 21.0 Å². The van der Waals surface area contributed by atoms with Crippen molar-refractivity contribution in [3.05, 3.63) is 22.9 Å². The Morgan fingerprint density at radius 1 is 1.00 bits per heavy atom. The summed E-state index contributed by atoms with van der Waals surface area (Å²) in [6, 6.07) is 8.22. The third kappa shape index (κ3) is 2.30. The molecule has 0 saturated heterocycles. The number of fused-ring (bicyclic) bond motifs is 1. The molecular weight excluding hydrogens is 300 g/mol. The van der Waals surface area contributed by atoms with Gasteiger partial charge in [-0.1, -0.05) is 37.0 Å². The molecule has 0 amide bonds. The van der Waals surface area contributed by atoms with Gasteiger partial charge in [-0.05, 0) is 24.8 Å². The Morgan fingerprint density at radius 2 is 1.61 bits per heavy atom. The molecule has 0 saturated carbocycles. The lowest BCUT2D eigenvalue weighted by atomic mass is 9.53. The Labute approximate surface area is 139 Å². The summed E-state index contributed by atoms with van der Waals surface area (Å²) in [5, 5.41) is 40.2. The van der Waals surface area contributed by atoms with Gasteiger partial charge < -0.3 is 0 Å². The zero-order chi connectivity index (χ0) is 17.3. The molecule has 0 bridgehead atoms. The molecule has 23 heavy (non-hydrogen) atoms. The van der Waals surface area contributed by atoms with Gasteiger partial charge in [0.15, 0.2) is 10.8 Å². The number of nitriles is 4. The minimum absolute atomic E-state index is 0.148. The highest BCUT2D eigenvalue weighted by atomic mass is 28.3. The molecule has 0 heterocycles. The molecule has 1 atom stereocenters. The topological polar surface area (TPSA) is 95.2 Å². The fraction of sp³-hybridized carbons (Fsp3) is 0.556. The van der Waals surface area contributed by atoms with Crippen molar-refractivity contribution in [2.24, 2.45) is 16.7 Å². The van der Waals surface area contributed by atoms with E-state index in [0.717, 1.165) is 18.4 Å². The molecule has 2 rings (SSSR count). The Morgan fingerprint density at radius 3 is 2.09 bits per heavy atom. The summed E-state index contributed by atoms with van der Waals surface area (Å²) in [5.74, 6) is -0.356. The Kier molecular flexibility index (Phi) is 4.21. The molecular formula is C18H20N4Si. The zero-order valence-electron chi connectivity index (χ0n) is 13.8. The molecule has 4 nitrogen and oxygen atoms in total. The number of nitrogens with zero attached hydrogens (tertiary/aromatic N) is 4. The van der Waals surface area contributed by atoms with Crippen LogP contribution in [0.25, 0.3) is 0 Å². The molecule has 0 radical (unpaired) electrons. The van der Waals surface area contributed by atoms with Crippen LogP contribution >= 0.6 is 0 Å². The maximum atomic E-state index is 9.85. The second-order valence-corrected chi connectivity index (χ2v) is 12.4. The molecule has 0 aromatic rings. The maximum Gasteiger partial charge on any atom is 0.182 e. The van der Waals surface area contributed by atoms with Crippen molar-refractivity contribution in [2.45, 2.75) is 45.3 Å². The van der Waals surface area contributed by atoms with Crippen molar-refractivity contribution in [3.8, 4) is 24.3 Å². The molecule has 1 unspecified atom stereocenters. The Balaban J connectivity index is 2.75. The molecule has 0 spiro atoms. The molecule has 2 aliphatic carbocycles. The quantitative estimate of drug-likeness (QED) is 0.682. The predicted molar refractivity (Wildman–Crippen MR) is 88.8 cm³/mol. The number of hydrogen-bond donors (Lipinski definition) is 0. The summed E-state index contributed by atoms with van der Waals surface area (Å²) in [6.45, 7) is 6.75. The van der Waals surface area contributed by atoms with Crippen LogP contribution in [0, 0.1) is 62.1 Å². The lowest BCUT2D eigenvalue weighted by Gasteiger charge is -2.43. The van der Waals surface area contributed by atoms with Crippen LogP contribution in [0.2, 0.25) is 19.6 Å². The third-order valence-electron chi connectivity index (χ3n) is 5.10. The molecule has 2 aliphatic rings. The van der Waals surface area contributed by atoms with Crippen LogP contribution < -0.4 is 0 Å². The van der Waals surface area contributed by atoms with E-state index in [0.29, 0.717) is 6.42 Å². The van der Waals surface area contributed by atoms with Crippen LogP contribution in [-0.2, 0) is 0 Å². The van der Waals surface area contributed by atoms with Crippen molar-refractivity contribution in [3.63, 3.8) is 0 Å². The van der Waals surface area contributed by atoms with Crippen molar-refractivity contribution in [1.29, 1.82) is 21.0 Å². The van der Waals surface area contributed by atoms with Crippen molar-refractivity contribution in [1.82, 2.24) is 0 Å². The third-order valence-corrected chi connectivity index (χ3v) is 7.21. The van der Waals surface area contributed by atoms with Crippen molar-refractivity contribution in [2.75, 3.05) is 0 Å². The van der Waals surface area contributed by atoms with Gasteiger partial charge in [0.25, 0.3) is 0 Å². The zero-order valence-corrected chi connectivity index (χ0v) is 14.8. The van der Waals surface area contributed by atoms with Crippen LogP contribution in [0.3, 0.4) is 0 Å². The van der Waals surface area contributed by atoms with Gasteiger partial charge in [0, 0.05) is 12.3 Å². The van der Waals surface area contributed by atoms with Gasteiger partial charge in [-0.15, -0.1) is 0 Å². The van der Waals surface area contributed by atoms with E-state index in [1.807, 2.05) is 18.2 Å². The lowest BCUT2D eigenvalue weighted by Crippen LogP contribution is -2.48. The molecule has 0 aromatic carbocycles. The summed E-state index contributed by atoms with van der Waals surface area (Å²) >= 11 is 0. The summed E-state index contributed by atoms with van der Waals surface area (Å²) in [6.07, 6.45) is 6.82. The first kappa shape index (κ1) is 17.0. The van der Waals surface area contributed by atoms with E-state index in [1.165, 1.54) is 5.20 Å². The maximum absolute atomic E-state index is 9.85. The molecule has 0 aromatic heterocycles. The predicted octanol–water partition coefficient (Wildman–Crippen LogP) is 3.99. The summed E-state index contributed by atoms with van der Waals surface area (Å²) < 4.78 is 0. The van der Waals surface area contributed by atoms with E-state index in [4.69, 9.17) is 0 Å². The standard InChI is InChI=1S/C18H20N4Si/c1-23(2,3)16-7-5-4-6-15-14(16)8-9-17(10-19,11-20)18(15,12-21)13-22/h7-8,15H,4-6,9H2,1-3H3. The first-order chi connectivity index (χ1) is 10.8. The molecule has 116 valence electrons. The van der Waals surface area contributed by atoms with Crippen molar-refractivity contribution >= 4 is 8.07 Å². The van der Waals surface area contributed by atoms with Crippen LogP contribution in [0.15, 0.2) is 22.9 Å².